The number of nitrogens with one attached hydrogen (secondary N) is 1. The zero-order valence-electron chi connectivity index (χ0n) is 15.6. The van der Waals surface area contributed by atoms with Crippen molar-refractivity contribution in [3.63, 3.8) is 0 Å². The van der Waals surface area contributed by atoms with E-state index >= 15 is 0 Å². The lowest BCUT2D eigenvalue weighted by Crippen LogP contribution is -2.28. The van der Waals surface area contributed by atoms with Crippen LogP contribution in [0.3, 0.4) is 0 Å². The second-order valence-corrected chi connectivity index (χ2v) is 6.40. The van der Waals surface area contributed by atoms with Gasteiger partial charge in [-0.05, 0) is 13.8 Å². The van der Waals surface area contributed by atoms with E-state index in [1.165, 1.54) is 14.2 Å². The monoisotopic (exact) mass is 392 g/mol. The van der Waals surface area contributed by atoms with E-state index in [0.717, 1.165) is 17.8 Å². The molecule has 8 nitrogen and oxygen atoms in total. The molecule has 0 saturated heterocycles. The number of hydrogen-bond donors (Lipinski definition) is 1. The average molecular weight is 393 g/mol. The van der Waals surface area contributed by atoms with Gasteiger partial charge in [0.2, 0.25) is 6.10 Å². The van der Waals surface area contributed by atoms with Gasteiger partial charge in [0.25, 0.3) is 5.91 Å². The molecule has 27 heavy (non-hydrogen) atoms. The number of benzene rings is 1. The summed E-state index contributed by atoms with van der Waals surface area (Å²) in [4.78, 5) is 18.0. The highest BCUT2D eigenvalue weighted by Crippen LogP contribution is 2.36. The van der Waals surface area contributed by atoms with Crippen LogP contribution in [0.15, 0.2) is 23.5 Å². The van der Waals surface area contributed by atoms with Crippen LogP contribution in [0.2, 0.25) is 5.02 Å². The van der Waals surface area contributed by atoms with E-state index in [2.05, 4.69) is 15.6 Å². The molecule has 144 valence electrons. The smallest absolute Gasteiger partial charge is 0.268 e. The molecule has 1 amide bonds. The van der Waals surface area contributed by atoms with E-state index in [0.29, 0.717) is 34.3 Å². The number of hydrogen-bond acceptors (Lipinski definition) is 6. The number of ether oxygens (including phenoxy) is 2. The molecule has 1 aromatic carbocycles. The van der Waals surface area contributed by atoms with Crippen LogP contribution in [-0.4, -0.2) is 41.7 Å². The van der Waals surface area contributed by atoms with Crippen molar-refractivity contribution in [2.45, 2.75) is 32.9 Å². The lowest BCUT2D eigenvalue weighted by Gasteiger charge is -2.14. The molecule has 1 atom stereocenters. The third-order valence-electron chi connectivity index (χ3n) is 4.27. The van der Waals surface area contributed by atoms with E-state index in [1.807, 2.05) is 24.7 Å². The van der Waals surface area contributed by atoms with E-state index in [9.17, 15) is 4.79 Å². The van der Waals surface area contributed by atoms with E-state index < -0.39 is 6.10 Å². The number of carbonyl (C=O) groups is 1. The van der Waals surface area contributed by atoms with Gasteiger partial charge < -0.3 is 19.6 Å². The molecule has 2 aromatic rings. The number of aromatic nitrogens is 2. The van der Waals surface area contributed by atoms with Crippen LogP contribution in [0.25, 0.3) is 0 Å². The second kappa shape index (κ2) is 7.87. The first kappa shape index (κ1) is 19.0. The highest BCUT2D eigenvalue weighted by Gasteiger charge is 2.31. The topological polar surface area (TPSA) is 87.0 Å². The Morgan fingerprint density at radius 1 is 1.37 bits per heavy atom. The molecule has 1 aliphatic heterocycles. The quantitative estimate of drug-likeness (QED) is 0.816. The van der Waals surface area contributed by atoms with Crippen molar-refractivity contribution in [1.29, 1.82) is 0 Å². The third kappa shape index (κ3) is 3.85. The summed E-state index contributed by atoms with van der Waals surface area (Å²) < 4.78 is 12.3. The van der Waals surface area contributed by atoms with Crippen LogP contribution < -0.4 is 14.8 Å². The summed E-state index contributed by atoms with van der Waals surface area (Å²) >= 11 is 6.09. The number of halogens is 1. The highest BCUT2D eigenvalue weighted by molar-refractivity contribution is 6.32. The largest absolute Gasteiger partial charge is 0.495 e. The minimum Gasteiger partial charge on any atom is -0.495 e. The molecule has 0 fully saturated rings. The van der Waals surface area contributed by atoms with Crippen molar-refractivity contribution < 1.29 is 19.1 Å². The molecule has 1 aromatic heterocycles. The molecular formula is C18H21ClN4O4. The minimum atomic E-state index is -0.740. The summed E-state index contributed by atoms with van der Waals surface area (Å²) in [6.07, 6.45) is 1.52. The van der Waals surface area contributed by atoms with Crippen molar-refractivity contribution in [1.82, 2.24) is 9.78 Å². The highest BCUT2D eigenvalue weighted by atomic mass is 35.5. The molecule has 1 N–H and O–H groups in total. The number of nitrogens with zero attached hydrogens (tertiary/aromatic N) is 3. The van der Waals surface area contributed by atoms with E-state index in [1.54, 1.807) is 12.1 Å². The Bertz CT molecular complexity index is 894. The normalized spacial score (nSPS) is 15.9. The second-order valence-electron chi connectivity index (χ2n) is 6.00. The van der Waals surface area contributed by atoms with Crippen LogP contribution in [0.4, 0.5) is 5.69 Å². The zero-order valence-corrected chi connectivity index (χ0v) is 16.3. The first-order valence-electron chi connectivity index (χ1n) is 8.46. The Hall–Kier alpha value is -2.74. The van der Waals surface area contributed by atoms with Gasteiger partial charge in [-0.3, -0.25) is 9.48 Å². The van der Waals surface area contributed by atoms with Crippen LogP contribution in [0.1, 0.15) is 24.6 Å². The summed E-state index contributed by atoms with van der Waals surface area (Å²) in [5.74, 6) is 0.518. The SMILES string of the molecule is CCn1cc(C2=NO[C@@H](C(=O)Nc3cc(OC)c(Cl)cc3OC)C2)c(C)n1. The average Bonchev–Trinajstić information content (AvgIpc) is 3.29. The summed E-state index contributed by atoms with van der Waals surface area (Å²) in [6.45, 7) is 4.67. The number of amides is 1. The number of oxime groups is 1. The maximum absolute atomic E-state index is 12.6. The Balaban J connectivity index is 1.72. The molecule has 9 heteroatoms. The van der Waals surface area contributed by atoms with Crippen molar-refractivity contribution in [2.24, 2.45) is 5.16 Å². The lowest BCUT2D eigenvalue weighted by molar-refractivity contribution is -0.125. The minimum absolute atomic E-state index is 0.336. The van der Waals surface area contributed by atoms with Crippen LogP contribution in [0.5, 0.6) is 11.5 Å². The Kier molecular flexibility index (Phi) is 5.55. The van der Waals surface area contributed by atoms with Crippen molar-refractivity contribution in [2.75, 3.05) is 19.5 Å². The third-order valence-corrected chi connectivity index (χ3v) is 4.57. The molecule has 3 rings (SSSR count). The fourth-order valence-electron chi connectivity index (χ4n) is 2.81. The fraction of sp³-hybridized carbons (Fsp3) is 0.389. The lowest BCUT2D eigenvalue weighted by atomic mass is 10.1. The van der Waals surface area contributed by atoms with Crippen molar-refractivity contribution in [3.05, 3.63) is 34.6 Å². The summed E-state index contributed by atoms with van der Waals surface area (Å²) in [7, 11) is 2.99. The Morgan fingerprint density at radius 3 is 2.74 bits per heavy atom. The van der Waals surface area contributed by atoms with Gasteiger partial charge in [-0.2, -0.15) is 5.10 Å². The predicted molar refractivity (Wildman–Crippen MR) is 102 cm³/mol. The zero-order chi connectivity index (χ0) is 19.6. The molecule has 0 bridgehead atoms. The first-order valence-corrected chi connectivity index (χ1v) is 8.84. The number of methoxy groups -OCH3 is 2. The first-order chi connectivity index (χ1) is 13.0. The standard InChI is InChI=1S/C18H21ClN4O4/c1-5-23-9-11(10(2)21-23)13-7-17(27-22-13)18(24)20-14-8-15(25-3)12(19)6-16(14)26-4/h6,8-9,17H,5,7H2,1-4H3,(H,20,24)/t17-/m1/s1. The Labute approximate surface area is 162 Å². The van der Waals surface area contributed by atoms with Gasteiger partial charge >= 0.3 is 0 Å². The fourth-order valence-corrected chi connectivity index (χ4v) is 3.04. The molecule has 0 unspecified atom stereocenters. The van der Waals surface area contributed by atoms with Crippen LogP contribution in [-0.2, 0) is 16.2 Å². The maximum Gasteiger partial charge on any atom is 0.268 e. The maximum atomic E-state index is 12.6. The molecular weight excluding hydrogens is 372 g/mol. The summed E-state index contributed by atoms with van der Waals surface area (Å²) in [5, 5.41) is 11.6. The Morgan fingerprint density at radius 2 is 2.11 bits per heavy atom. The van der Waals surface area contributed by atoms with Gasteiger partial charge in [-0.1, -0.05) is 16.8 Å². The van der Waals surface area contributed by atoms with Gasteiger partial charge in [-0.25, -0.2) is 0 Å². The summed E-state index contributed by atoms with van der Waals surface area (Å²) in [6, 6.07) is 3.18. The number of rotatable bonds is 6. The molecule has 0 radical (unpaired) electrons. The predicted octanol–water partition coefficient (Wildman–Crippen LogP) is 3.01. The van der Waals surface area contributed by atoms with E-state index in [-0.39, 0.29) is 5.91 Å². The van der Waals surface area contributed by atoms with Crippen molar-refractivity contribution in [3.8, 4) is 11.5 Å². The van der Waals surface area contributed by atoms with Gasteiger partial charge in [0, 0.05) is 36.9 Å². The molecule has 0 saturated carbocycles. The van der Waals surface area contributed by atoms with E-state index in [4.69, 9.17) is 25.9 Å². The van der Waals surface area contributed by atoms with Gasteiger partial charge in [0.1, 0.15) is 11.5 Å². The molecule has 0 aliphatic carbocycles. The number of aryl methyl sites for hydroxylation is 2. The van der Waals surface area contributed by atoms with Gasteiger partial charge in [0.15, 0.2) is 0 Å². The molecule has 0 spiro atoms. The van der Waals surface area contributed by atoms with Crippen LogP contribution in [0, 0.1) is 6.92 Å². The molecule has 1 aliphatic rings. The molecule has 2 heterocycles. The van der Waals surface area contributed by atoms with Crippen molar-refractivity contribution >= 4 is 28.9 Å². The van der Waals surface area contributed by atoms with Crippen LogP contribution >= 0.6 is 11.6 Å². The number of anilines is 1. The van der Waals surface area contributed by atoms with Gasteiger partial charge in [-0.15, -0.1) is 0 Å². The van der Waals surface area contributed by atoms with Gasteiger partial charge in [0.05, 0.1) is 36.3 Å². The summed E-state index contributed by atoms with van der Waals surface area (Å²) in [5.41, 5.74) is 2.88. The number of carbonyl (C=O) groups excluding carboxylic acids is 1.